The van der Waals surface area contributed by atoms with Gasteiger partial charge in [-0.25, -0.2) is 0 Å². The molecule has 112 valence electrons. The van der Waals surface area contributed by atoms with Crippen molar-refractivity contribution in [3.05, 3.63) is 0 Å². The number of carbonyl (C=O) groups excluding carboxylic acids is 1. The normalized spacial score (nSPS) is 19.7. The SMILES string of the molecule is CCCCCCCCC(=O)N1CCCC(CCCl)C1. The van der Waals surface area contributed by atoms with Crippen molar-refractivity contribution in [2.75, 3.05) is 19.0 Å². The Bertz CT molecular complexity index is 243. The highest BCUT2D eigenvalue weighted by Gasteiger charge is 2.22. The van der Waals surface area contributed by atoms with Crippen LogP contribution in [0.3, 0.4) is 0 Å². The first-order valence-electron chi connectivity index (χ1n) is 8.11. The predicted molar refractivity (Wildman–Crippen MR) is 82.6 cm³/mol. The Kier molecular flexibility index (Phi) is 9.32. The number of rotatable bonds is 9. The molecule has 0 aromatic rings. The van der Waals surface area contributed by atoms with Crippen LogP contribution in [0.2, 0.25) is 0 Å². The predicted octanol–water partition coefficient (Wildman–Crippen LogP) is 4.60. The molecule has 1 unspecified atom stereocenters. The molecule has 0 radical (unpaired) electrons. The van der Waals surface area contributed by atoms with E-state index in [0.717, 1.165) is 44.7 Å². The van der Waals surface area contributed by atoms with Crippen molar-refractivity contribution in [1.29, 1.82) is 0 Å². The number of nitrogens with zero attached hydrogens (tertiary/aromatic N) is 1. The summed E-state index contributed by atoms with van der Waals surface area (Å²) in [4.78, 5) is 14.2. The van der Waals surface area contributed by atoms with E-state index in [2.05, 4.69) is 11.8 Å². The molecule has 3 heteroatoms. The van der Waals surface area contributed by atoms with Gasteiger partial charge in [-0.15, -0.1) is 11.6 Å². The van der Waals surface area contributed by atoms with Gasteiger partial charge >= 0.3 is 0 Å². The summed E-state index contributed by atoms with van der Waals surface area (Å²) in [5.41, 5.74) is 0. The molecule has 1 saturated heterocycles. The molecule has 19 heavy (non-hydrogen) atoms. The molecule has 0 aliphatic carbocycles. The van der Waals surface area contributed by atoms with Gasteiger partial charge in [0.25, 0.3) is 0 Å². The van der Waals surface area contributed by atoms with E-state index in [1.54, 1.807) is 0 Å². The number of piperidine rings is 1. The quantitative estimate of drug-likeness (QED) is 0.448. The molecule has 1 aliphatic heterocycles. The fourth-order valence-corrected chi connectivity index (χ4v) is 3.20. The maximum atomic E-state index is 12.1. The van der Waals surface area contributed by atoms with Crippen molar-refractivity contribution < 1.29 is 4.79 Å². The van der Waals surface area contributed by atoms with Gasteiger partial charge in [0, 0.05) is 25.4 Å². The molecule has 1 aliphatic rings. The molecule has 2 nitrogen and oxygen atoms in total. The van der Waals surface area contributed by atoms with Crippen LogP contribution in [0.25, 0.3) is 0 Å². The van der Waals surface area contributed by atoms with E-state index in [1.165, 1.54) is 38.5 Å². The molecule has 0 aromatic carbocycles. The lowest BCUT2D eigenvalue weighted by Gasteiger charge is -2.32. The van der Waals surface area contributed by atoms with Gasteiger partial charge in [0.15, 0.2) is 0 Å². The Balaban J connectivity index is 2.11. The van der Waals surface area contributed by atoms with Crippen molar-refractivity contribution in [2.24, 2.45) is 5.92 Å². The summed E-state index contributed by atoms with van der Waals surface area (Å²) in [6.07, 6.45) is 11.7. The molecule has 1 rings (SSSR count). The van der Waals surface area contributed by atoms with Crippen LogP contribution in [0.15, 0.2) is 0 Å². The summed E-state index contributed by atoms with van der Waals surface area (Å²) in [7, 11) is 0. The fraction of sp³-hybridized carbons (Fsp3) is 0.938. The molecular weight excluding hydrogens is 258 g/mol. The lowest BCUT2D eigenvalue weighted by Crippen LogP contribution is -2.39. The minimum atomic E-state index is 0.370. The second kappa shape index (κ2) is 10.5. The smallest absolute Gasteiger partial charge is 0.222 e. The first-order chi connectivity index (χ1) is 9.27. The molecule has 1 amide bonds. The number of carbonyl (C=O) groups is 1. The number of hydrogen-bond acceptors (Lipinski definition) is 1. The average molecular weight is 288 g/mol. The van der Waals surface area contributed by atoms with Gasteiger partial charge in [-0.05, 0) is 31.6 Å². The number of hydrogen-bond donors (Lipinski definition) is 0. The highest BCUT2D eigenvalue weighted by molar-refractivity contribution is 6.17. The van der Waals surface area contributed by atoms with Crippen molar-refractivity contribution in [3.8, 4) is 0 Å². The minimum Gasteiger partial charge on any atom is -0.342 e. The monoisotopic (exact) mass is 287 g/mol. The van der Waals surface area contributed by atoms with Gasteiger partial charge in [-0.2, -0.15) is 0 Å². The number of halogens is 1. The first kappa shape index (κ1) is 16.8. The lowest BCUT2D eigenvalue weighted by molar-refractivity contribution is -0.133. The zero-order valence-corrected chi connectivity index (χ0v) is 13.3. The Labute approximate surface area is 123 Å². The van der Waals surface area contributed by atoms with E-state index in [4.69, 9.17) is 11.6 Å². The minimum absolute atomic E-state index is 0.370. The summed E-state index contributed by atoms with van der Waals surface area (Å²) in [6, 6.07) is 0. The van der Waals surface area contributed by atoms with E-state index >= 15 is 0 Å². The number of likely N-dealkylation sites (tertiary alicyclic amines) is 1. The van der Waals surface area contributed by atoms with Gasteiger partial charge in [-0.3, -0.25) is 4.79 Å². The van der Waals surface area contributed by atoms with Gasteiger partial charge in [0.2, 0.25) is 5.91 Å². The van der Waals surface area contributed by atoms with Gasteiger partial charge < -0.3 is 4.90 Å². The third-order valence-corrected chi connectivity index (χ3v) is 4.35. The molecule has 1 atom stereocenters. The van der Waals surface area contributed by atoms with Crippen LogP contribution in [0, 0.1) is 5.92 Å². The summed E-state index contributed by atoms with van der Waals surface area (Å²) in [6.45, 7) is 4.14. The van der Waals surface area contributed by atoms with Crippen LogP contribution in [-0.2, 0) is 4.79 Å². The third kappa shape index (κ3) is 7.20. The Morgan fingerprint density at radius 1 is 1.21 bits per heavy atom. The van der Waals surface area contributed by atoms with E-state index in [0.29, 0.717) is 11.8 Å². The van der Waals surface area contributed by atoms with Gasteiger partial charge in [0.1, 0.15) is 0 Å². The first-order valence-corrected chi connectivity index (χ1v) is 8.65. The molecule has 1 heterocycles. The highest BCUT2D eigenvalue weighted by atomic mass is 35.5. The van der Waals surface area contributed by atoms with Crippen LogP contribution in [0.5, 0.6) is 0 Å². The van der Waals surface area contributed by atoms with Crippen LogP contribution in [-0.4, -0.2) is 29.8 Å². The summed E-state index contributed by atoms with van der Waals surface area (Å²) in [5, 5.41) is 0. The molecule has 0 spiro atoms. The van der Waals surface area contributed by atoms with Crippen molar-refractivity contribution >= 4 is 17.5 Å². The van der Waals surface area contributed by atoms with Crippen molar-refractivity contribution in [2.45, 2.75) is 71.1 Å². The largest absolute Gasteiger partial charge is 0.342 e. The van der Waals surface area contributed by atoms with Crippen LogP contribution < -0.4 is 0 Å². The maximum Gasteiger partial charge on any atom is 0.222 e. The van der Waals surface area contributed by atoms with Crippen LogP contribution in [0.4, 0.5) is 0 Å². The molecular formula is C16H30ClNO. The maximum absolute atomic E-state index is 12.1. The second-order valence-corrected chi connectivity index (χ2v) is 6.22. The molecule has 0 saturated carbocycles. The number of amides is 1. The Morgan fingerprint density at radius 3 is 2.68 bits per heavy atom. The number of unbranched alkanes of at least 4 members (excludes halogenated alkanes) is 5. The van der Waals surface area contributed by atoms with E-state index in [1.807, 2.05) is 0 Å². The van der Waals surface area contributed by atoms with Gasteiger partial charge in [0.05, 0.1) is 0 Å². The van der Waals surface area contributed by atoms with E-state index < -0.39 is 0 Å². The van der Waals surface area contributed by atoms with E-state index in [-0.39, 0.29) is 0 Å². The number of alkyl halides is 1. The Morgan fingerprint density at radius 2 is 1.95 bits per heavy atom. The zero-order chi connectivity index (χ0) is 13.9. The Hall–Kier alpha value is -0.240. The highest BCUT2D eigenvalue weighted by Crippen LogP contribution is 2.21. The zero-order valence-electron chi connectivity index (χ0n) is 12.5. The van der Waals surface area contributed by atoms with Crippen molar-refractivity contribution in [3.63, 3.8) is 0 Å². The van der Waals surface area contributed by atoms with Crippen LogP contribution in [0.1, 0.15) is 71.1 Å². The summed E-state index contributed by atoms with van der Waals surface area (Å²) in [5.74, 6) is 1.74. The molecule has 0 N–H and O–H groups in total. The van der Waals surface area contributed by atoms with Crippen molar-refractivity contribution in [1.82, 2.24) is 4.90 Å². The van der Waals surface area contributed by atoms with E-state index in [9.17, 15) is 4.79 Å². The molecule has 0 bridgehead atoms. The fourth-order valence-electron chi connectivity index (χ4n) is 2.90. The lowest BCUT2D eigenvalue weighted by atomic mass is 9.95. The standard InChI is InChI=1S/C16H30ClNO/c1-2-3-4-5-6-7-10-16(19)18-13-8-9-15(14-18)11-12-17/h15H,2-14H2,1H3. The molecule has 1 fully saturated rings. The molecule has 0 aromatic heterocycles. The van der Waals surface area contributed by atoms with Crippen LogP contribution >= 0.6 is 11.6 Å². The summed E-state index contributed by atoms with van der Waals surface area (Å²) >= 11 is 5.80. The summed E-state index contributed by atoms with van der Waals surface area (Å²) < 4.78 is 0. The topological polar surface area (TPSA) is 20.3 Å². The average Bonchev–Trinajstić information content (AvgIpc) is 2.43. The second-order valence-electron chi connectivity index (χ2n) is 5.84. The van der Waals surface area contributed by atoms with Gasteiger partial charge in [-0.1, -0.05) is 39.0 Å². The third-order valence-electron chi connectivity index (χ3n) is 4.13.